The van der Waals surface area contributed by atoms with Crippen molar-refractivity contribution in [3.63, 3.8) is 0 Å². The van der Waals surface area contributed by atoms with Crippen LogP contribution in [-0.4, -0.2) is 34.3 Å². The molecule has 5 rings (SSSR count). The second-order valence-electron chi connectivity index (χ2n) is 5.64. The van der Waals surface area contributed by atoms with Gasteiger partial charge in [-0.15, -0.1) is 0 Å². The Balaban J connectivity index is 1.97. The first-order valence-corrected chi connectivity index (χ1v) is 8.11. The third-order valence-corrected chi connectivity index (χ3v) is 4.35. The first-order valence-electron chi connectivity index (χ1n) is 7.73. The van der Waals surface area contributed by atoms with E-state index in [0.717, 1.165) is 5.56 Å². The molecule has 126 valence electrons. The van der Waals surface area contributed by atoms with E-state index in [1.165, 1.54) is 10.9 Å². The lowest BCUT2D eigenvalue weighted by atomic mass is 10.1. The third-order valence-electron chi connectivity index (χ3n) is 4.11. The van der Waals surface area contributed by atoms with Crippen LogP contribution in [0.5, 0.6) is 0 Å². The number of pyridine rings is 1. The maximum absolute atomic E-state index is 13.3. The zero-order valence-electron chi connectivity index (χ0n) is 13.2. The number of H-pyrrole nitrogens is 1. The number of nitrogens with zero attached hydrogens (tertiary/aromatic N) is 6. The molecule has 1 N–H and O–H groups in total. The smallest absolute Gasteiger partial charge is 0.267 e. The van der Waals surface area contributed by atoms with Gasteiger partial charge >= 0.3 is 0 Å². The summed E-state index contributed by atoms with van der Waals surface area (Å²) in [5.74, 6) is 0.971. The summed E-state index contributed by atoms with van der Waals surface area (Å²) in [6, 6.07) is 10.7. The lowest BCUT2D eigenvalue weighted by Gasteiger charge is -2.10. The van der Waals surface area contributed by atoms with E-state index in [1.807, 2.05) is 12.1 Å². The molecule has 0 bridgehead atoms. The number of nitrogens with one attached hydrogen (secondary N) is 1. The van der Waals surface area contributed by atoms with E-state index in [-0.39, 0.29) is 5.56 Å². The summed E-state index contributed by atoms with van der Waals surface area (Å²) in [7, 11) is 0. The first kappa shape index (κ1) is 14.8. The quantitative estimate of drug-likeness (QED) is 0.520. The molecule has 0 atom stereocenters. The van der Waals surface area contributed by atoms with Crippen molar-refractivity contribution in [2.24, 2.45) is 0 Å². The summed E-state index contributed by atoms with van der Waals surface area (Å²) in [6.07, 6.45) is 4.64. The Morgan fingerprint density at radius 2 is 2.08 bits per heavy atom. The highest BCUT2D eigenvalue weighted by molar-refractivity contribution is 6.30. The Bertz CT molecular complexity index is 1320. The minimum Gasteiger partial charge on any atom is -0.268 e. The Kier molecular flexibility index (Phi) is 3.13. The summed E-state index contributed by atoms with van der Waals surface area (Å²) in [4.78, 5) is 21.9. The number of fused-ring (bicyclic) bond motifs is 2. The zero-order valence-corrected chi connectivity index (χ0v) is 13.9. The molecule has 8 nitrogen and oxygen atoms in total. The van der Waals surface area contributed by atoms with Crippen molar-refractivity contribution in [2.45, 2.75) is 0 Å². The molecule has 0 amide bonds. The molecule has 0 aliphatic rings. The Morgan fingerprint density at radius 1 is 1.15 bits per heavy atom. The number of hydrogen-bond donors (Lipinski definition) is 1. The Morgan fingerprint density at radius 3 is 2.88 bits per heavy atom. The van der Waals surface area contributed by atoms with Crippen LogP contribution in [0.2, 0.25) is 5.02 Å². The molecule has 0 spiro atoms. The van der Waals surface area contributed by atoms with Crippen molar-refractivity contribution in [1.29, 1.82) is 0 Å². The van der Waals surface area contributed by atoms with Crippen molar-refractivity contribution in [3.05, 3.63) is 70.5 Å². The van der Waals surface area contributed by atoms with Gasteiger partial charge in [0.2, 0.25) is 0 Å². The van der Waals surface area contributed by atoms with Gasteiger partial charge in [0.05, 0.1) is 22.8 Å². The minimum atomic E-state index is -0.244. The van der Waals surface area contributed by atoms with Crippen LogP contribution in [0.1, 0.15) is 0 Å². The fourth-order valence-corrected chi connectivity index (χ4v) is 3.19. The predicted octanol–water partition coefficient (Wildman–Crippen LogP) is 2.47. The molecule has 0 saturated carbocycles. The molecule has 0 fully saturated rings. The van der Waals surface area contributed by atoms with Crippen molar-refractivity contribution < 1.29 is 0 Å². The summed E-state index contributed by atoms with van der Waals surface area (Å²) in [5, 5.41) is 11.9. The second kappa shape index (κ2) is 5.50. The van der Waals surface area contributed by atoms with Gasteiger partial charge in [-0.25, -0.2) is 4.98 Å². The van der Waals surface area contributed by atoms with E-state index in [9.17, 15) is 4.79 Å². The predicted molar refractivity (Wildman–Crippen MR) is 96.5 cm³/mol. The van der Waals surface area contributed by atoms with E-state index in [4.69, 9.17) is 11.6 Å². The van der Waals surface area contributed by atoms with Gasteiger partial charge in [0.15, 0.2) is 0 Å². The molecular formula is C17H10ClN7O. The monoisotopic (exact) mass is 363 g/mol. The lowest BCUT2D eigenvalue weighted by molar-refractivity contribution is 0.917. The molecule has 9 heteroatoms. The van der Waals surface area contributed by atoms with E-state index in [0.29, 0.717) is 33.2 Å². The number of rotatable bonds is 2. The van der Waals surface area contributed by atoms with Gasteiger partial charge in [-0.2, -0.15) is 19.7 Å². The van der Waals surface area contributed by atoms with Gasteiger partial charge in [0, 0.05) is 22.8 Å². The second-order valence-corrected chi connectivity index (χ2v) is 6.07. The van der Waals surface area contributed by atoms with E-state index >= 15 is 0 Å². The van der Waals surface area contributed by atoms with Gasteiger partial charge in [-0.3, -0.25) is 14.5 Å². The zero-order chi connectivity index (χ0) is 17.7. The third kappa shape index (κ3) is 2.12. The van der Waals surface area contributed by atoms with Crippen LogP contribution >= 0.6 is 11.6 Å². The van der Waals surface area contributed by atoms with Crippen LogP contribution in [0.3, 0.4) is 0 Å². The fourth-order valence-electron chi connectivity index (χ4n) is 3.00. The van der Waals surface area contributed by atoms with E-state index < -0.39 is 0 Å². The molecule has 0 saturated heterocycles. The molecule has 4 aromatic heterocycles. The molecule has 0 radical (unpaired) electrons. The van der Waals surface area contributed by atoms with Crippen LogP contribution < -0.4 is 5.56 Å². The van der Waals surface area contributed by atoms with Crippen LogP contribution in [0.4, 0.5) is 0 Å². The van der Waals surface area contributed by atoms with Crippen LogP contribution in [0, 0.1) is 0 Å². The Labute approximate surface area is 150 Å². The largest absolute Gasteiger partial charge is 0.268 e. The van der Waals surface area contributed by atoms with Crippen molar-refractivity contribution >= 4 is 28.3 Å². The van der Waals surface area contributed by atoms with Gasteiger partial charge in [0.25, 0.3) is 11.3 Å². The van der Waals surface area contributed by atoms with Crippen LogP contribution in [0.15, 0.2) is 59.9 Å². The number of halogens is 1. The minimum absolute atomic E-state index is 0.244. The van der Waals surface area contributed by atoms with Gasteiger partial charge in [-0.05, 0) is 18.2 Å². The first-order chi connectivity index (χ1) is 12.7. The van der Waals surface area contributed by atoms with Crippen LogP contribution in [0.25, 0.3) is 33.8 Å². The number of aromatic amines is 1. The molecule has 26 heavy (non-hydrogen) atoms. The van der Waals surface area contributed by atoms with Crippen molar-refractivity contribution in [2.75, 3.05) is 0 Å². The van der Waals surface area contributed by atoms with Gasteiger partial charge < -0.3 is 0 Å². The molecule has 5 aromatic rings. The fraction of sp³-hybridized carbons (Fsp3) is 0. The maximum Gasteiger partial charge on any atom is 0.267 e. The normalized spacial score (nSPS) is 11.4. The highest BCUT2D eigenvalue weighted by Gasteiger charge is 2.18. The molecular weight excluding hydrogens is 354 g/mol. The summed E-state index contributed by atoms with van der Waals surface area (Å²) >= 11 is 6.17. The van der Waals surface area contributed by atoms with Gasteiger partial charge in [0.1, 0.15) is 12.1 Å². The number of aromatic nitrogens is 7. The number of hydrogen-bond acceptors (Lipinski definition) is 5. The summed E-state index contributed by atoms with van der Waals surface area (Å²) < 4.78 is 3.03. The maximum atomic E-state index is 13.3. The molecule has 0 aliphatic carbocycles. The lowest BCUT2D eigenvalue weighted by Crippen LogP contribution is -2.20. The standard InChI is InChI=1S/C17H10ClN7O/c18-11-3-1-2-10(8-11)15-14-12(22-17-19-9-21-25(15)17)5-7-24(16(14)26)13-4-6-20-23-13/h1-9H,(H,20,23). The average Bonchev–Trinajstić information content (AvgIpc) is 3.32. The van der Waals surface area contributed by atoms with Crippen molar-refractivity contribution in [1.82, 2.24) is 34.3 Å². The molecule has 0 aliphatic heterocycles. The van der Waals surface area contributed by atoms with Crippen LogP contribution in [-0.2, 0) is 0 Å². The van der Waals surface area contributed by atoms with E-state index in [2.05, 4.69) is 25.3 Å². The van der Waals surface area contributed by atoms with Gasteiger partial charge in [-0.1, -0.05) is 23.7 Å². The number of benzene rings is 1. The topological polar surface area (TPSA) is 93.8 Å². The molecule has 4 heterocycles. The summed E-state index contributed by atoms with van der Waals surface area (Å²) in [6.45, 7) is 0. The van der Waals surface area contributed by atoms with Crippen molar-refractivity contribution in [3.8, 4) is 17.1 Å². The Hall–Kier alpha value is -3.52. The SMILES string of the molecule is O=c1c2c(-c3cccc(Cl)c3)n3ncnc3nc2ccn1-c1ccn[nH]1. The highest BCUT2D eigenvalue weighted by Crippen LogP contribution is 2.28. The molecule has 0 unspecified atom stereocenters. The van der Waals surface area contributed by atoms with E-state index in [1.54, 1.807) is 41.2 Å². The molecule has 1 aromatic carbocycles. The highest BCUT2D eigenvalue weighted by atomic mass is 35.5. The summed E-state index contributed by atoms with van der Waals surface area (Å²) in [5.41, 5.74) is 1.62. The average molecular weight is 364 g/mol.